The van der Waals surface area contributed by atoms with Crippen LogP contribution in [0.1, 0.15) is 17.5 Å². The van der Waals surface area contributed by atoms with Crippen LogP contribution >= 0.6 is 23.2 Å². The standard InChI is InChI=1S/C18H21Cl2NO3/c1-23-18-9-13(11-21-7-2-8-22)3-6-17(18)24-12-14-4-5-15(19)10-16(14)20/h3-6,9-10,21-22H,2,7-8,11-12H2,1H3. The van der Waals surface area contributed by atoms with Gasteiger partial charge < -0.3 is 19.9 Å². The number of hydrogen-bond donors (Lipinski definition) is 2. The summed E-state index contributed by atoms with van der Waals surface area (Å²) in [5, 5.41) is 13.2. The maximum Gasteiger partial charge on any atom is 0.161 e. The topological polar surface area (TPSA) is 50.7 Å². The first-order chi connectivity index (χ1) is 11.6. The Hall–Kier alpha value is -1.46. The zero-order valence-corrected chi connectivity index (χ0v) is 15.0. The van der Waals surface area contributed by atoms with Gasteiger partial charge >= 0.3 is 0 Å². The number of halogens is 2. The van der Waals surface area contributed by atoms with Gasteiger partial charge in [-0.15, -0.1) is 0 Å². The Balaban J connectivity index is 1.99. The fourth-order valence-corrected chi connectivity index (χ4v) is 2.64. The Bertz CT molecular complexity index is 665. The highest BCUT2D eigenvalue weighted by Crippen LogP contribution is 2.30. The number of rotatable bonds is 9. The molecule has 4 nitrogen and oxygen atoms in total. The highest BCUT2D eigenvalue weighted by Gasteiger charge is 2.08. The summed E-state index contributed by atoms with van der Waals surface area (Å²) < 4.78 is 11.2. The van der Waals surface area contributed by atoms with Crippen LogP contribution in [0.2, 0.25) is 10.0 Å². The van der Waals surface area contributed by atoms with Crippen molar-refractivity contribution in [2.24, 2.45) is 0 Å². The first-order valence-corrected chi connectivity index (χ1v) is 8.45. The predicted molar refractivity (Wildman–Crippen MR) is 97.2 cm³/mol. The minimum Gasteiger partial charge on any atom is -0.493 e. The van der Waals surface area contributed by atoms with Crippen molar-refractivity contribution in [3.8, 4) is 11.5 Å². The number of nitrogens with one attached hydrogen (secondary N) is 1. The third kappa shape index (κ3) is 5.56. The van der Waals surface area contributed by atoms with Crippen molar-refractivity contribution in [2.45, 2.75) is 19.6 Å². The van der Waals surface area contributed by atoms with Crippen LogP contribution in [-0.2, 0) is 13.2 Å². The van der Waals surface area contributed by atoms with Crippen LogP contribution in [0.3, 0.4) is 0 Å². The van der Waals surface area contributed by atoms with Gasteiger partial charge in [0.1, 0.15) is 6.61 Å². The van der Waals surface area contributed by atoms with E-state index in [2.05, 4.69) is 5.32 Å². The Labute approximate surface area is 152 Å². The van der Waals surface area contributed by atoms with Crippen molar-refractivity contribution >= 4 is 23.2 Å². The molecule has 0 aliphatic heterocycles. The van der Waals surface area contributed by atoms with Crippen LogP contribution in [0.4, 0.5) is 0 Å². The molecular formula is C18H21Cl2NO3. The molecule has 0 heterocycles. The average molecular weight is 370 g/mol. The lowest BCUT2D eigenvalue weighted by molar-refractivity contribution is 0.284. The number of ether oxygens (including phenoxy) is 2. The van der Waals surface area contributed by atoms with E-state index >= 15 is 0 Å². The summed E-state index contributed by atoms with van der Waals surface area (Å²) in [5.41, 5.74) is 1.94. The summed E-state index contributed by atoms with van der Waals surface area (Å²) in [7, 11) is 1.61. The van der Waals surface area contributed by atoms with E-state index in [1.165, 1.54) is 0 Å². The van der Waals surface area contributed by atoms with Gasteiger partial charge in [0, 0.05) is 28.8 Å². The molecule has 24 heavy (non-hydrogen) atoms. The fraction of sp³-hybridized carbons (Fsp3) is 0.333. The maximum atomic E-state index is 8.78. The molecule has 0 unspecified atom stereocenters. The van der Waals surface area contributed by atoms with E-state index in [1.807, 2.05) is 24.3 Å². The summed E-state index contributed by atoms with van der Waals surface area (Å²) in [6.45, 7) is 2.00. The number of benzene rings is 2. The van der Waals surface area contributed by atoms with Crippen LogP contribution in [0.15, 0.2) is 36.4 Å². The highest BCUT2D eigenvalue weighted by atomic mass is 35.5. The molecule has 0 aromatic heterocycles. The number of methoxy groups -OCH3 is 1. The first kappa shape index (κ1) is 18.9. The Kier molecular flexibility index (Phi) is 7.66. The van der Waals surface area contributed by atoms with Gasteiger partial charge in [-0.2, -0.15) is 0 Å². The summed E-state index contributed by atoms with van der Waals surface area (Å²) in [4.78, 5) is 0. The largest absolute Gasteiger partial charge is 0.493 e. The minimum absolute atomic E-state index is 0.191. The molecule has 0 aliphatic rings. The molecule has 2 rings (SSSR count). The van der Waals surface area contributed by atoms with Crippen LogP contribution in [-0.4, -0.2) is 25.4 Å². The van der Waals surface area contributed by atoms with E-state index < -0.39 is 0 Å². The van der Waals surface area contributed by atoms with Crippen LogP contribution in [0, 0.1) is 0 Å². The van der Waals surface area contributed by atoms with Crippen molar-refractivity contribution in [2.75, 3.05) is 20.3 Å². The first-order valence-electron chi connectivity index (χ1n) is 7.69. The van der Waals surface area contributed by atoms with Crippen molar-refractivity contribution in [1.82, 2.24) is 5.32 Å². The highest BCUT2D eigenvalue weighted by molar-refractivity contribution is 6.35. The van der Waals surface area contributed by atoms with E-state index in [1.54, 1.807) is 19.2 Å². The summed E-state index contributed by atoms with van der Waals surface area (Å²) in [6, 6.07) is 11.1. The molecular weight excluding hydrogens is 349 g/mol. The lowest BCUT2D eigenvalue weighted by Gasteiger charge is -2.13. The number of aliphatic hydroxyl groups is 1. The third-order valence-electron chi connectivity index (χ3n) is 3.47. The molecule has 2 aromatic carbocycles. The van der Waals surface area contributed by atoms with Gasteiger partial charge in [-0.25, -0.2) is 0 Å². The van der Waals surface area contributed by atoms with Gasteiger partial charge in [-0.3, -0.25) is 0 Å². The average Bonchev–Trinajstić information content (AvgIpc) is 2.58. The van der Waals surface area contributed by atoms with E-state index in [9.17, 15) is 0 Å². The molecule has 130 valence electrons. The Morgan fingerprint density at radius 2 is 1.92 bits per heavy atom. The molecule has 0 spiro atoms. The zero-order chi connectivity index (χ0) is 17.4. The van der Waals surface area contributed by atoms with Gasteiger partial charge in [-0.1, -0.05) is 35.3 Å². The lowest BCUT2D eigenvalue weighted by atomic mass is 10.2. The van der Waals surface area contributed by atoms with Gasteiger partial charge in [0.2, 0.25) is 0 Å². The molecule has 0 saturated carbocycles. The fourth-order valence-electron chi connectivity index (χ4n) is 2.17. The molecule has 0 amide bonds. The third-order valence-corrected chi connectivity index (χ3v) is 4.05. The quantitative estimate of drug-likeness (QED) is 0.654. The second-order valence-electron chi connectivity index (χ2n) is 5.26. The van der Waals surface area contributed by atoms with Gasteiger partial charge in [0.15, 0.2) is 11.5 Å². The van der Waals surface area contributed by atoms with Crippen molar-refractivity contribution in [3.05, 3.63) is 57.6 Å². The number of hydrogen-bond acceptors (Lipinski definition) is 4. The summed E-state index contributed by atoms with van der Waals surface area (Å²) in [5.74, 6) is 1.32. The zero-order valence-electron chi connectivity index (χ0n) is 13.5. The van der Waals surface area contributed by atoms with E-state index in [4.69, 9.17) is 37.8 Å². The Morgan fingerprint density at radius 1 is 1.08 bits per heavy atom. The predicted octanol–water partition coefficient (Wildman–Crippen LogP) is 4.05. The van der Waals surface area contributed by atoms with Gasteiger partial charge in [0.25, 0.3) is 0 Å². The van der Waals surface area contributed by atoms with Gasteiger partial charge in [-0.05, 0) is 42.8 Å². The van der Waals surface area contributed by atoms with E-state index in [0.717, 1.165) is 24.1 Å². The molecule has 0 bridgehead atoms. The molecule has 0 aliphatic carbocycles. The molecule has 2 N–H and O–H groups in total. The molecule has 0 radical (unpaired) electrons. The molecule has 0 saturated heterocycles. The van der Waals surface area contributed by atoms with Crippen molar-refractivity contribution < 1.29 is 14.6 Å². The Morgan fingerprint density at radius 3 is 2.62 bits per heavy atom. The van der Waals surface area contributed by atoms with E-state index in [0.29, 0.717) is 34.7 Å². The molecule has 2 aromatic rings. The van der Waals surface area contributed by atoms with Gasteiger partial charge in [0.05, 0.1) is 7.11 Å². The smallest absolute Gasteiger partial charge is 0.161 e. The lowest BCUT2D eigenvalue weighted by Crippen LogP contribution is -2.15. The van der Waals surface area contributed by atoms with Crippen LogP contribution < -0.4 is 14.8 Å². The van der Waals surface area contributed by atoms with Crippen molar-refractivity contribution in [3.63, 3.8) is 0 Å². The molecule has 6 heteroatoms. The second kappa shape index (κ2) is 9.74. The van der Waals surface area contributed by atoms with Crippen molar-refractivity contribution in [1.29, 1.82) is 0 Å². The molecule has 0 fully saturated rings. The van der Waals surface area contributed by atoms with E-state index in [-0.39, 0.29) is 6.61 Å². The molecule has 0 atom stereocenters. The second-order valence-corrected chi connectivity index (χ2v) is 6.11. The van der Waals surface area contributed by atoms with Crippen LogP contribution in [0.5, 0.6) is 11.5 Å². The number of aliphatic hydroxyl groups excluding tert-OH is 1. The monoisotopic (exact) mass is 369 g/mol. The van der Waals surface area contributed by atoms with Crippen LogP contribution in [0.25, 0.3) is 0 Å². The normalized spacial score (nSPS) is 10.7. The minimum atomic E-state index is 0.191. The SMILES string of the molecule is COc1cc(CNCCCO)ccc1OCc1ccc(Cl)cc1Cl. The maximum absolute atomic E-state index is 8.78. The summed E-state index contributed by atoms with van der Waals surface area (Å²) in [6.07, 6.45) is 0.736. The summed E-state index contributed by atoms with van der Waals surface area (Å²) >= 11 is 12.1.